The van der Waals surface area contributed by atoms with Crippen molar-refractivity contribution in [2.24, 2.45) is 17.3 Å². The fourth-order valence-corrected chi connectivity index (χ4v) is 15.6. The number of hydrogen-bond donors (Lipinski definition) is 3. The van der Waals surface area contributed by atoms with Gasteiger partial charge in [0.15, 0.2) is 0 Å². The summed E-state index contributed by atoms with van der Waals surface area (Å²) in [6, 6.07) is -4.07. The van der Waals surface area contributed by atoms with Crippen LogP contribution in [-0.2, 0) is 82.7 Å². The van der Waals surface area contributed by atoms with Crippen molar-refractivity contribution in [1.29, 1.82) is 0 Å². The number of carbonyl (C=O) groups is 12. The van der Waals surface area contributed by atoms with E-state index < -0.39 is 196 Å². The van der Waals surface area contributed by atoms with Crippen molar-refractivity contribution in [2.45, 2.75) is 209 Å². The summed E-state index contributed by atoms with van der Waals surface area (Å²) in [7, 11) is 11.0. The molecule has 3 N–H and O–H groups in total. The lowest BCUT2D eigenvalue weighted by Gasteiger charge is -2.46. The van der Waals surface area contributed by atoms with Crippen molar-refractivity contribution >= 4 is 82.5 Å². The lowest BCUT2D eigenvalue weighted by atomic mass is 9.74. The van der Waals surface area contributed by atoms with Crippen LogP contribution in [0.1, 0.15) is 152 Å². The molecule has 6 aliphatic rings. The van der Waals surface area contributed by atoms with Gasteiger partial charge in [-0.05, 0) is 136 Å². The third kappa shape index (κ3) is 19.1. The zero-order valence-electron chi connectivity index (χ0n) is 61.8. The normalized spacial score (nSPS) is 26.6. The van der Waals surface area contributed by atoms with E-state index >= 15 is 28.8 Å². The molecule has 3 saturated carbocycles. The Morgan fingerprint density at radius 3 is 1.87 bits per heavy atom. The van der Waals surface area contributed by atoms with Crippen LogP contribution < -0.4 is 16.0 Å². The highest BCUT2D eigenvalue weighted by molar-refractivity contribution is 6.31. The van der Waals surface area contributed by atoms with Crippen molar-refractivity contribution < 1.29 is 83.9 Å². The molecule has 0 unspecified atom stereocenters. The molecule has 578 valence electrons. The molecular formula is C74H101ClF6N12O12. The summed E-state index contributed by atoms with van der Waals surface area (Å²) in [6.07, 6.45) is -2.43. The Hall–Kier alpha value is -8.31. The van der Waals surface area contributed by atoms with Crippen molar-refractivity contribution in [3.05, 3.63) is 81.9 Å². The number of halogens is 7. The Morgan fingerprint density at radius 2 is 1.30 bits per heavy atom. The van der Waals surface area contributed by atoms with Crippen molar-refractivity contribution in [3.8, 4) is 0 Å². The Morgan fingerprint density at radius 1 is 0.657 bits per heavy atom. The number of alkyl halides is 6. The highest BCUT2D eigenvalue weighted by Crippen LogP contribution is 2.55. The van der Waals surface area contributed by atoms with E-state index in [9.17, 15) is 55.1 Å². The van der Waals surface area contributed by atoms with E-state index in [1.807, 2.05) is 0 Å². The molecule has 12 amide bonds. The molecule has 2 saturated heterocycles. The molecule has 105 heavy (non-hydrogen) atoms. The Labute approximate surface area is 614 Å². The average molecular weight is 1500 g/mol. The van der Waals surface area contributed by atoms with Crippen LogP contribution in [0.3, 0.4) is 0 Å². The molecule has 2 aromatic carbocycles. The zero-order valence-corrected chi connectivity index (χ0v) is 62.6. The number of nitrogens with one attached hydrogen (secondary N) is 3. The number of benzene rings is 2. The number of fused-ring (bicyclic) bond motifs is 3. The minimum absolute atomic E-state index is 0.0177. The number of nitrogens with zero attached hydrogens (tertiary/aromatic N) is 9. The molecule has 3 aliphatic carbocycles. The fraction of sp³-hybridized carbons (Fsp3) is 0.649. The number of carbonyl (C=O) groups excluding carboxylic acids is 12. The van der Waals surface area contributed by atoms with E-state index in [2.05, 4.69) is 16.0 Å². The number of amides is 12. The largest absolute Gasteiger partial charge is 0.417 e. The zero-order chi connectivity index (χ0) is 77.5. The highest BCUT2D eigenvalue weighted by Gasteiger charge is 2.59. The summed E-state index contributed by atoms with van der Waals surface area (Å²) >= 11 is 6.17. The van der Waals surface area contributed by atoms with Crippen LogP contribution >= 0.6 is 11.6 Å². The predicted octanol–water partition coefficient (Wildman–Crippen LogP) is 6.24. The Kier molecular flexibility index (Phi) is 26.7. The van der Waals surface area contributed by atoms with Gasteiger partial charge in [0.1, 0.15) is 53.9 Å². The first kappa shape index (κ1) is 82.3. The van der Waals surface area contributed by atoms with Crippen LogP contribution in [0, 0.1) is 17.3 Å². The molecule has 2 bridgehead atoms. The fourth-order valence-electron chi connectivity index (χ4n) is 15.2. The lowest BCUT2D eigenvalue weighted by Crippen LogP contribution is -2.68. The van der Waals surface area contributed by atoms with Gasteiger partial charge in [-0.3, -0.25) is 57.5 Å². The highest BCUT2D eigenvalue weighted by atomic mass is 35.5. The quantitative estimate of drug-likeness (QED) is 0.167. The topological polar surface area (TPSA) is 270 Å². The summed E-state index contributed by atoms with van der Waals surface area (Å²) in [4.78, 5) is 191. The van der Waals surface area contributed by atoms with E-state index in [0.29, 0.717) is 57.8 Å². The van der Waals surface area contributed by atoms with Crippen LogP contribution in [0.4, 0.5) is 26.3 Å². The molecule has 2 aromatic rings. The minimum Gasteiger partial charge on any atom is -0.347 e. The van der Waals surface area contributed by atoms with Crippen LogP contribution in [0.2, 0.25) is 5.02 Å². The third-order valence-electron chi connectivity index (χ3n) is 22.3. The second-order valence-corrected chi connectivity index (χ2v) is 30.3. The molecule has 31 heteroatoms. The molecule has 0 aromatic heterocycles. The van der Waals surface area contributed by atoms with Gasteiger partial charge in [-0.1, -0.05) is 88.4 Å². The second-order valence-electron chi connectivity index (χ2n) is 29.9. The molecule has 5 fully saturated rings. The van der Waals surface area contributed by atoms with E-state index in [-0.39, 0.29) is 75.6 Å². The van der Waals surface area contributed by atoms with Gasteiger partial charge in [0.2, 0.25) is 70.9 Å². The molecule has 24 nitrogen and oxygen atoms in total. The smallest absolute Gasteiger partial charge is 0.347 e. The molecular weight excluding hydrogens is 1400 g/mol. The van der Waals surface area contributed by atoms with Crippen LogP contribution in [0.5, 0.6) is 0 Å². The molecule has 8 rings (SSSR count). The number of rotatable bonds is 11. The average Bonchev–Trinajstić information content (AvgIpc) is 1.65. The maximum absolute atomic E-state index is 15.5. The maximum Gasteiger partial charge on any atom is 0.417 e. The van der Waals surface area contributed by atoms with Crippen LogP contribution in [-0.4, -0.2) is 251 Å². The SMILES string of the molecule is CCC[C@H]1C(=O)N[C@@H]([C@@H](C)CC)C(=O)N(C)CC(=O)N(C)[C@H]2C/C=C\CCN(C2=O)[C@@H](Cc2ccc(C(F)(F)F)cc2)C(=O)N(C)CC(=O)N[C@@H](CCc2ccc(C(F)(F)F)c(Cl)c2)C(=O)N2CC3(CC3)C[C@H]2C(=O)NC2(CCC2)C(=O)N(C)[C@@H](C2CCCC2)C(=O)N(C)[C@H](C(=O)N(C)C)CC(=O)N1C. The summed E-state index contributed by atoms with van der Waals surface area (Å²) in [6.45, 7) is 3.62. The van der Waals surface area contributed by atoms with E-state index in [1.165, 1.54) is 76.0 Å². The predicted molar refractivity (Wildman–Crippen MR) is 375 cm³/mol. The molecule has 3 aliphatic heterocycles. The van der Waals surface area contributed by atoms with E-state index in [1.54, 1.807) is 32.9 Å². The summed E-state index contributed by atoms with van der Waals surface area (Å²) < 4.78 is 83.8. The summed E-state index contributed by atoms with van der Waals surface area (Å²) in [5, 5.41) is 7.93. The molecule has 0 radical (unpaired) electrons. The monoisotopic (exact) mass is 1500 g/mol. The van der Waals surface area contributed by atoms with Crippen molar-refractivity contribution in [3.63, 3.8) is 0 Å². The number of likely N-dealkylation sites (N-methyl/N-ethyl adjacent to an activating group) is 7. The molecule has 9 atom stereocenters. The number of hydrogen-bond acceptors (Lipinski definition) is 12. The van der Waals surface area contributed by atoms with Crippen molar-refractivity contribution in [2.75, 3.05) is 82.6 Å². The van der Waals surface area contributed by atoms with Gasteiger partial charge >= 0.3 is 12.4 Å². The Bertz CT molecular complexity index is 3620. The standard InChI is InChI=1S/C74H101ClF6N12O12/c1-12-20-52-62(97)83-60(44(3)13-2)68(103)87(7)42-59(96)89(9)53-23-15-14-18-36-92(67(53)102)55(38-46-24-28-48(29-25-46)73(76,77)78)66(101)86(6)41-57(94)82-51(31-27-45-26-30-49(50(75)37-45)74(79,80)81)64(99)93-43-71(34-35-71)40-56(93)63(98)84-72(32-19-33-72)70(105)91(11)61(47-21-16-17-22-47)69(104)90(10)54(65(100)85(4)5)39-58(95)88(52)8/h14-15,24-26,28-30,37,44,47,51-56,60-61H,12-13,16-23,27,31-36,38-43H2,1-11H3,(H,82,94)(H,83,97)(H,84,98)/b15-14-/t44-,51-,52-,53-,54-,55-,56-,60-,61-/m0/s1. The minimum atomic E-state index is -4.82. The molecule has 2 spiro atoms. The van der Waals surface area contributed by atoms with Gasteiger partial charge in [-0.15, -0.1) is 0 Å². The summed E-state index contributed by atoms with van der Waals surface area (Å²) in [5.41, 5.74) is -3.89. The number of aryl methyl sites for hydroxylation is 1. The second kappa shape index (κ2) is 34.1. The maximum atomic E-state index is 15.5. The van der Waals surface area contributed by atoms with Gasteiger partial charge in [0.05, 0.1) is 35.7 Å². The first-order chi connectivity index (χ1) is 49.3. The van der Waals surface area contributed by atoms with Crippen molar-refractivity contribution in [1.82, 2.24) is 60.0 Å². The summed E-state index contributed by atoms with van der Waals surface area (Å²) in [5.74, 6) is -10.0. The van der Waals surface area contributed by atoms with Gasteiger partial charge in [0, 0.05) is 75.9 Å². The Balaban J connectivity index is 1.21. The lowest BCUT2D eigenvalue weighted by molar-refractivity contribution is -0.157. The first-order valence-electron chi connectivity index (χ1n) is 36.2. The van der Waals surface area contributed by atoms with Gasteiger partial charge in [0.25, 0.3) is 0 Å². The first-order valence-corrected chi connectivity index (χ1v) is 36.6. The van der Waals surface area contributed by atoms with Gasteiger partial charge in [-0.25, -0.2) is 0 Å². The van der Waals surface area contributed by atoms with Crippen LogP contribution in [0.25, 0.3) is 0 Å². The van der Waals surface area contributed by atoms with Crippen LogP contribution in [0.15, 0.2) is 54.6 Å². The van der Waals surface area contributed by atoms with E-state index in [0.717, 1.165) is 67.0 Å². The third-order valence-corrected chi connectivity index (χ3v) is 22.7. The van der Waals surface area contributed by atoms with Gasteiger partial charge < -0.3 is 60.0 Å². The van der Waals surface area contributed by atoms with E-state index in [4.69, 9.17) is 11.6 Å². The van der Waals surface area contributed by atoms with Gasteiger partial charge in [-0.2, -0.15) is 26.3 Å². The molecule has 3 heterocycles.